The molecule has 2 aliphatic rings. The van der Waals surface area contributed by atoms with E-state index in [2.05, 4.69) is 11.4 Å². The second kappa shape index (κ2) is 7.40. The van der Waals surface area contributed by atoms with Crippen molar-refractivity contribution in [2.45, 2.75) is 45.1 Å². The van der Waals surface area contributed by atoms with Crippen LogP contribution in [0.2, 0.25) is 0 Å². The van der Waals surface area contributed by atoms with Gasteiger partial charge in [-0.1, -0.05) is 18.2 Å². The first-order valence-electron chi connectivity index (χ1n) is 9.51. The Labute approximate surface area is 154 Å². The molecule has 0 saturated heterocycles. The summed E-state index contributed by atoms with van der Waals surface area (Å²) in [6.07, 6.45) is 5.25. The van der Waals surface area contributed by atoms with E-state index in [0.717, 1.165) is 41.9 Å². The summed E-state index contributed by atoms with van der Waals surface area (Å²) < 4.78 is 11.2. The number of carbonyl (C=O) groups is 1. The molecule has 1 heterocycles. The first-order valence-corrected chi connectivity index (χ1v) is 9.51. The van der Waals surface area contributed by atoms with Gasteiger partial charge >= 0.3 is 0 Å². The first kappa shape index (κ1) is 17.0. The number of carbonyl (C=O) groups excluding carboxylic acids is 1. The third-order valence-electron chi connectivity index (χ3n) is 5.17. The largest absolute Gasteiger partial charge is 0.486 e. The number of ether oxygens (including phenoxy) is 2. The fourth-order valence-corrected chi connectivity index (χ4v) is 3.91. The molecule has 1 atom stereocenters. The highest BCUT2D eigenvalue weighted by Crippen LogP contribution is 2.31. The minimum atomic E-state index is 0.0359. The van der Waals surface area contributed by atoms with Crippen LogP contribution in [-0.4, -0.2) is 25.2 Å². The zero-order valence-corrected chi connectivity index (χ0v) is 15.2. The van der Waals surface area contributed by atoms with Gasteiger partial charge in [0.15, 0.2) is 11.5 Å². The molecule has 0 fully saturated rings. The number of hydrogen-bond donors (Lipinski definition) is 1. The molecular weight excluding hydrogens is 326 g/mol. The molecule has 2 aromatic carbocycles. The quantitative estimate of drug-likeness (QED) is 0.914. The van der Waals surface area contributed by atoms with Crippen molar-refractivity contribution in [3.63, 3.8) is 0 Å². The maximum Gasteiger partial charge on any atom is 0.251 e. The normalized spacial score (nSPS) is 16.5. The molecule has 136 valence electrons. The molecule has 0 aromatic heterocycles. The third-order valence-corrected chi connectivity index (χ3v) is 5.17. The van der Waals surface area contributed by atoms with Crippen LogP contribution >= 0.6 is 0 Å². The fourth-order valence-electron chi connectivity index (χ4n) is 3.91. The van der Waals surface area contributed by atoms with Crippen molar-refractivity contribution in [2.24, 2.45) is 0 Å². The van der Waals surface area contributed by atoms with Crippen LogP contribution in [0.4, 0.5) is 0 Å². The number of hydrogen-bond acceptors (Lipinski definition) is 3. The summed E-state index contributed by atoms with van der Waals surface area (Å²) in [7, 11) is 0. The molecule has 0 spiro atoms. The Hall–Kier alpha value is -2.49. The Morgan fingerprint density at radius 3 is 2.77 bits per heavy atom. The van der Waals surface area contributed by atoms with E-state index in [1.54, 1.807) is 0 Å². The molecule has 0 radical (unpaired) electrons. The summed E-state index contributed by atoms with van der Waals surface area (Å²) >= 11 is 0. The van der Waals surface area contributed by atoms with Gasteiger partial charge in [-0.15, -0.1) is 0 Å². The lowest BCUT2D eigenvalue weighted by Gasteiger charge is -2.21. The fraction of sp³-hybridized carbons (Fsp3) is 0.409. The van der Waals surface area contributed by atoms with E-state index < -0.39 is 0 Å². The number of rotatable bonds is 4. The average Bonchev–Trinajstić information content (AvgIpc) is 2.67. The van der Waals surface area contributed by atoms with Crippen LogP contribution < -0.4 is 14.8 Å². The number of fused-ring (bicyclic) bond motifs is 2. The van der Waals surface area contributed by atoms with Gasteiger partial charge in [0.1, 0.15) is 13.2 Å². The molecule has 0 unspecified atom stereocenters. The molecule has 26 heavy (non-hydrogen) atoms. The predicted molar refractivity (Wildman–Crippen MR) is 101 cm³/mol. The summed E-state index contributed by atoms with van der Waals surface area (Å²) in [6, 6.07) is 12.2. The highest BCUT2D eigenvalue weighted by molar-refractivity contribution is 5.96. The maximum atomic E-state index is 12.8. The number of nitrogens with one attached hydrogen (secondary N) is 1. The van der Waals surface area contributed by atoms with E-state index in [-0.39, 0.29) is 11.9 Å². The van der Waals surface area contributed by atoms with Gasteiger partial charge in [0.25, 0.3) is 5.91 Å². The SMILES string of the molecule is C[C@H](Cc1ccc2c(c1)OCCO2)NC(=O)c1cccc2c1CCCC2. The number of aryl methyl sites for hydroxylation is 1. The van der Waals surface area contributed by atoms with Gasteiger partial charge in [-0.25, -0.2) is 0 Å². The zero-order valence-electron chi connectivity index (χ0n) is 15.2. The highest BCUT2D eigenvalue weighted by Gasteiger charge is 2.19. The van der Waals surface area contributed by atoms with Crippen LogP contribution in [0.3, 0.4) is 0 Å². The van der Waals surface area contributed by atoms with Crippen molar-refractivity contribution in [3.8, 4) is 11.5 Å². The van der Waals surface area contributed by atoms with Gasteiger partial charge in [0.05, 0.1) is 0 Å². The van der Waals surface area contributed by atoms with Gasteiger partial charge in [0.2, 0.25) is 0 Å². The van der Waals surface area contributed by atoms with Gasteiger partial charge in [-0.3, -0.25) is 4.79 Å². The van der Waals surface area contributed by atoms with Gasteiger partial charge < -0.3 is 14.8 Å². The topological polar surface area (TPSA) is 47.6 Å². The molecule has 4 heteroatoms. The Balaban J connectivity index is 1.43. The Kier molecular flexibility index (Phi) is 4.83. The van der Waals surface area contributed by atoms with E-state index in [0.29, 0.717) is 13.2 Å². The summed E-state index contributed by atoms with van der Waals surface area (Å²) in [5, 5.41) is 3.16. The molecule has 1 aliphatic carbocycles. The molecule has 1 N–H and O–H groups in total. The second-order valence-electron chi connectivity index (χ2n) is 7.21. The lowest BCUT2D eigenvalue weighted by atomic mass is 9.88. The molecule has 1 amide bonds. The lowest BCUT2D eigenvalue weighted by Crippen LogP contribution is -2.35. The van der Waals surface area contributed by atoms with Crippen LogP contribution in [-0.2, 0) is 19.3 Å². The lowest BCUT2D eigenvalue weighted by molar-refractivity contribution is 0.0939. The van der Waals surface area contributed by atoms with Crippen LogP contribution in [0.25, 0.3) is 0 Å². The van der Waals surface area contributed by atoms with E-state index in [1.165, 1.54) is 24.0 Å². The summed E-state index contributed by atoms with van der Waals surface area (Å²) in [4.78, 5) is 12.8. The number of benzene rings is 2. The monoisotopic (exact) mass is 351 g/mol. The first-order chi connectivity index (χ1) is 12.7. The molecular formula is C22H25NO3. The van der Waals surface area contributed by atoms with Crippen molar-refractivity contribution in [1.29, 1.82) is 0 Å². The van der Waals surface area contributed by atoms with E-state index >= 15 is 0 Å². The third kappa shape index (κ3) is 3.55. The average molecular weight is 351 g/mol. The van der Waals surface area contributed by atoms with Gasteiger partial charge in [0, 0.05) is 11.6 Å². The second-order valence-corrected chi connectivity index (χ2v) is 7.21. The van der Waals surface area contributed by atoms with Crippen molar-refractivity contribution in [3.05, 3.63) is 58.7 Å². The maximum absolute atomic E-state index is 12.8. The van der Waals surface area contributed by atoms with Crippen molar-refractivity contribution in [2.75, 3.05) is 13.2 Å². The van der Waals surface area contributed by atoms with E-state index in [4.69, 9.17) is 9.47 Å². The van der Waals surface area contributed by atoms with E-state index in [1.807, 2.05) is 37.3 Å². The van der Waals surface area contributed by atoms with E-state index in [9.17, 15) is 4.79 Å². The molecule has 4 rings (SSSR count). The Bertz CT molecular complexity index is 815. The summed E-state index contributed by atoms with van der Waals surface area (Å²) in [5.74, 6) is 1.63. The van der Waals surface area contributed by atoms with Crippen molar-refractivity contribution >= 4 is 5.91 Å². The van der Waals surface area contributed by atoms with Gasteiger partial charge in [-0.2, -0.15) is 0 Å². The predicted octanol–water partition coefficient (Wildman–Crippen LogP) is 3.70. The van der Waals surface area contributed by atoms with Crippen LogP contribution in [0, 0.1) is 0 Å². The van der Waals surface area contributed by atoms with Crippen molar-refractivity contribution < 1.29 is 14.3 Å². The Morgan fingerprint density at radius 1 is 1.08 bits per heavy atom. The summed E-state index contributed by atoms with van der Waals surface area (Å²) in [5.41, 5.74) is 4.56. The van der Waals surface area contributed by atoms with Crippen LogP contribution in [0.15, 0.2) is 36.4 Å². The summed E-state index contributed by atoms with van der Waals surface area (Å²) in [6.45, 7) is 3.23. The molecule has 2 aromatic rings. The highest BCUT2D eigenvalue weighted by atomic mass is 16.6. The molecule has 0 bridgehead atoms. The molecule has 1 aliphatic heterocycles. The van der Waals surface area contributed by atoms with Crippen LogP contribution in [0.1, 0.15) is 46.8 Å². The number of amides is 1. The minimum Gasteiger partial charge on any atom is -0.486 e. The molecule has 4 nitrogen and oxygen atoms in total. The molecule has 0 saturated carbocycles. The Morgan fingerprint density at radius 2 is 1.88 bits per heavy atom. The van der Waals surface area contributed by atoms with Crippen molar-refractivity contribution in [1.82, 2.24) is 5.32 Å². The zero-order chi connectivity index (χ0) is 17.9. The van der Waals surface area contributed by atoms with Crippen LogP contribution in [0.5, 0.6) is 11.5 Å². The standard InChI is InChI=1S/C22H25NO3/c1-15(13-16-9-10-20-21(14-16)26-12-11-25-20)23-22(24)19-8-4-6-17-5-2-3-7-18(17)19/h4,6,8-10,14-15H,2-3,5,7,11-13H2,1H3,(H,23,24)/t15-/m1/s1. The van der Waals surface area contributed by atoms with Gasteiger partial charge in [-0.05, 0) is 73.9 Å². The smallest absolute Gasteiger partial charge is 0.251 e. The minimum absolute atomic E-state index is 0.0359.